The summed E-state index contributed by atoms with van der Waals surface area (Å²) in [5, 5.41) is 0. The highest BCUT2D eigenvalue weighted by Crippen LogP contribution is 2.23. The zero-order valence-corrected chi connectivity index (χ0v) is 16.2. The van der Waals surface area contributed by atoms with Gasteiger partial charge in [0.05, 0.1) is 12.0 Å². The fourth-order valence-corrected chi connectivity index (χ4v) is 4.08. The summed E-state index contributed by atoms with van der Waals surface area (Å²) in [6, 6.07) is 13.0. The highest BCUT2D eigenvalue weighted by Gasteiger charge is 2.21. The minimum absolute atomic E-state index is 0.102. The van der Waals surface area contributed by atoms with Crippen LogP contribution in [0.3, 0.4) is 0 Å². The molecule has 1 N–H and O–H groups in total. The number of ether oxygens (including phenoxy) is 1. The first kappa shape index (κ1) is 19.4. The summed E-state index contributed by atoms with van der Waals surface area (Å²) >= 11 is 0. The Kier molecular flexibility index (Phi) is 6.21. The Morgan fingerprint density at radius 2 is 1.84 bits per heavy atom. The minimum atomic E-state index is -3.57. The van der Waals surface area contributed by atoms with E-state index in [1.165, 1.54) is 0 Å². The number of benzene rings is 2. The molecule has 0 heterocycles. The van der Waals surface area contributed by atoms with Crippen LogP contribution < -0.4 is 9.46 Å². The highest BCUT2D eigenvalue weighted by molar-refractivity contribution is 7.89. The van der Waals surface area contributed by atoms with Crippen LogP contribution in [0, 0.1) is 13.8 Å². The van der Waals surface area contributed by atoms with Crippen molar-refractivity contribution in [3.05, 3.63) is 59.2 Å². The van der Waals surface area contributed by atoms with E-state index in [1.807, 2.05) is 62.3 Å². The van der Waals surface area contributed by atoms with E-state index in [0.29, 0.717) is 4.90 Å². The first-order valence-electron chi connectivity index (χ1n) is 8.12. The van der Waals surface area contributed by atoms with Crippen molar-refractivity contribution in [2.45, 2.75) is 24.8 Å². The molecule has 0 bridgehead atoms. The van der Waals surface area contributed by atoms with Gasteiger partial charge in [-0.15, -0.1) is 0 Å². The van der Waals surface area contributed by atoms with Gasteiger partial charge in [-0.3, -0.25) is 0 Å². The Morgan fingerprint density at radius 3 is 2.48 bits per heavy atom. The number of rotatable bonds is 7. The molecule has 1 atom stereocenters. The lowest BCUT2D eigenvalue weighted by molar-refractivity contribution is 0.298. The van der Waals surface area contributed by atoms with Crippen molar-refractivity contribution >= 4 is 10.0 Å². The lowest BCUT2D eigenvalue weighted by Crippen LogP contribution is -2.34. The summed E-state index contributed by atoms with van der Waals surface area (Å²) in [5.74, 6) is 0.752. The molecule has 25 heavy (non-hydrogen) atoms. The van der Waals surface area contributed by atoms with E-state index in [0.717, 1.165) is 22.4 Å². The molecule has 1 unspecified atom stereocenters. The molecular weight excluding hydrogens is 336 g/mol. The van der Waals surface area contributed by atoms with E-state index in [2.05, 4.69) is 4.72 Å². The van der Waals surface area contributed by atoms with E-state index < -0.39 is 10.0 Å². The van der Waals surface area contributed by atoms with Crippen molar-refractivity contribution in [1.29, 1.82) is 0 Å². The molecule has 0 saturated carbocycles. The number of likely N-dealkylation sites (N-methyl/N-ethyl adjacent to an activating group) is 1. The van der Waals surface area contributed by atoms with Crippen molar-refractivity contribution in [3.63, 3.8) is 0 Å². The van der Waals surface area contributed by atoms with Gasteiger partial charge in [0.25, 0.3) is 0 Å². The molecule has 2 rings (SSSR count). The van der Waals surface area contributed by atoms with Gasteiger partial charge >= 0.3 is 0 Å². The van der Waals surface area contributed by atoms with E-state index in [1.54, 1.807) is 20.1 Å². The van der Waals surface area contributed by atoms with E-state index in [-0.39, 0.29) is 12.6 Å². The lowest BCUT2D eigenvalue weighted by Gasteiger charge is -2.25. The molecule has 0 aliphatic rings. The van der Waals surface area contributed by atoms with Crippen LogP contribution in [-0.4, -0.2) is 41.1 Å². The molecule has 2 aromatic rings. The van der Waals surface area contributed by atoms with Gasteiger partial charge in [-0.1, -0.05) is 24.3 Å². The summed E-state index contributed by atoms with van der Waals surface area (Å²) in [5.41, 5.74) is 2.65. The van der Waals surface area contributed by atoms with Crippen LogP contribution >= 0.6 is 0 Å². The van der Waals surface area contributed by atoms with E-state index in [9.17, 15) is 8.42 Å². The Labute approximate surface area is 150 Å². The Bertz CT molecular complexity index is 832. The maximum Gasteiger partial charge on any atom is 0.240 e. The van der Waals surface area contributed by atoms with Crippen LogP contribution in [0.4, 0.5) is 0 Å². The van der Waals surface area contributed by atoms with Crippen LogP contribution in [0.25, 0.3) is 0 Å². The smallest absolute Gasteiger partial charge is 0.240 e. The molecule has 0 aliphatic heterocycles. The summed E-state index contributed by atoms with van der Waals surface area (Å²) < 4.78 is 33.5. The van der Waals surface area contributed by atoms with Gasteiger partial charge in [0.2, 0.25) is 10.0 Å². The number of nitrogens with one attached hydrogen (secondary N) is 1. The second-order valence-corrected chi connectivity index (χ2v) is 8.11. The molecule has 0 aromatic heterocycles. The Hall–Kier alpha value is -1.89. The number of methoxy groups -OCH3 is 1. The lowest BCUT2D eigenvalue weighted by atomic mass is 10.1. The van der Waals surface area contributed by atoms with Gasteiger partial charge in [0.15, 0.2) is 0 Å². The summed E-state index contributed by atoms with van der Waals surface area (Å²) in [7, 11) is 1.90. The van der Waals surface area contributed by atoms with Crippen LogP contribution in [-0.2, 0) is 10.0 Å². The summed E-state index contributed by atoms with van der Waals surface area (Å²) in [4.78, 5) is 2.32. The summed E-state index contributed by atoms with van der Waals surface area (Å²) in [6.07, 6.45) is 0. The van der Waals surface area contributed by atoms with Crippen LogP contribution in [0.1, 0.15) is 22.7 Å². The van der Waals surface area contributed by atoms with Gasteiger partial charge in [0, 0.05) is 12.6 Å². The largest absolute Gasteiger partial charge is 0.497 e. The standard InChI is InChI=1S/C19H26N2O3S/c1-14-9-10-15(2)19(11-14)25(22,23)20-13-18(21(3)4)16-7-6-8-17(12-16)24-5/h6-12,18,20H,13H2,1-5H3. The SMILES string of the molecule is COc1cccc(C(CNS(=O)(=O)c2cc(C)ccc2C)N(C)C)c1. The predicted molar refractivity (Wildman–Crippen MR) is 101 cm³/mol. The van der Waals surface area contributed by atoms with Crippen molar-refractivity contribution in [1.82, 2.24) is 9.62 Å². The molecule has 0 spiro atoms. The highest BCUT2D eigenvalue weighted by atomic mass is 32.2. The van der Waals surface area contributed by atoms with Gasteiger partial charge in [-0.05, 0) is 62.8 Å². The number of sulfonamides is 1. The van der Waals surface area contributed by atoms with E-state index >= 15 is 0 Å². The molecule has 0 amide bonds. The first-order valence-corrected chi connectivity index (χ1v) is 9.60. The average molecular weight is 362 g/mol. The van der Waals surface area contributed by atoms with Crippen molar-refractivity contribution in [3.8, 4) is 5.75 Å². The summed E-state index contributed by atoms with van der Waals surface area (Å²) in [6.45, 7) is 3.96. The second kappa shape index (κ2) is 7.99. The maximum absolute atomic E-state index is 12.7. The number of aryl methyl sites for hydroxylation is 2. The Balaban J connectivity index is 2.24. The monoisotopic (exact) mass is 362 g/mol. The van der Waals surface area contributed by atoms with Gasteiger partial charge in [-0.2, -0.15) is 0 Å². The minimum Gasteiger partial charge on any atom is -0.497 e. The molecule has 0 fully saturated rings. The quantitative estimate of drug-likeness (QED) is 0.823. The maximum atomic E-state index is 12.7. The molecule has 0 saturated heterocycles. The third-order valence-electron chi connectivity index (χ3n) is 4.20. The molecule has 0 aliphatic carbocycles. The number of hydrogen-bond acceptors (Lipinski definition) is 4. The molecule has 136 valence electrons. The van der Waals surface area contributed by atoms with Crippen LogP contribution in [0.2, 0.25) is 0 Å². The average Bonchev–Trinajstić information content (AvgIpc) is 2.57. The molecule has 0 radical (unpaired) electrons. The molecular formula is C19H26N2O3S. The van der Waals surface area contributed by atoms with Crippen LogP contribution in [0.5, 0.6) is 5.75 Å². The van der Waals surface area contributed by atoms with Crippen LogP contribution in [0.15, 0.2) is 47.4 Å². The fraction of sp³-hybridized carbons (Fsp3) is 0.368. The zero-order chi connectivity index (χ0) is 18.6. The molecule has 5 nitrogen and oxygen atoms in total. The normalized spacial score (nSPS) is 13.0. The second-order valence-electron chi connectivity index (χ2n) is 6.38. The number of nitrogens with zero attached hydrogens (tertiary/aromatic N) is 1. The molecule has 2 aromatic carbocycles. The molecule has 6 heteroatoms. The first-order chi connectivity index (χ1) is 11.7. The van der Waals surface area contributed by atoms with Gasteiger partial charge < -0.3 is 9.64 Å². The topological polar surface area (TPSA) is 58.6 Å². The van der Waals surface area contributed by atoms with Crippen molar-refractivity contribution < 1.29 is 13.2 Å². The third kappa shape index (κ3) is 4.81. The predicted octanol–water partition coefficient (Wildman–Crippen LogP) is 2.89. The zero-order valence-electron chi connectivity index (χ0n) is 15.4. The fourth-order valence-electron chi connectivity index (χ4n) is 2.71. The van der Waals surface area contributed by atoms with Crippen molar-refractivity contribution in [2.75, 3.05) is 27.7 Å². The van der Waals surface area contributed by atoms with Crippen molar-refractivity contribution in [2.24, 2.45) is 0 Å². The van der Waals surface area contributed by atoms with Gasteiger partial charge in [0.1, 0.15) is 5.75 Å². The number of hydrogen-bond donors (Lipinski definition) is 1. The van der Waals surface area contributed by atoms with E-state index in [4.69, 9.17) is 4.74 Å². The third-order valence-corrected chi connectivity index (χ3v) is 5.77. The van der Waals surface area contributed by atoms with Gasteiger partial charge in [-0.25, -0.2) is 13.1 Å². The Morgan fingerprint density at radius 1 is 1.12 bits per heavy atom.